The van der Waals surface area contributed by atoms with Gasteiger partial charge in [0.2, 0.25) is 0 Å². The molecule has 4 atom stereocenters. The molecule has 2 heteroatoms. The minimum Gasteiger partial charge on any atom is -0.101 e. The van der Waals surface area contributed by atoms with E-state index in [2.05, 4.69) is 55.1 Å². The van der Waals surface area contributed by atoms with Gasteiger partial charge in [0, 0.05) is 0 Å². The Bertz CT molecular complexity index is 272. The molecular weight excluding hydrogens is 266 g/mol. The van der Waals surface area contributed by atoms with E-state index in [1.165, 1.54) is 31.8 Å². The molecule has 0 spiro atoms. The molecule has 0 N–H and O–H groups in total. The molecule has 0 saturated carbocycles. The predicted octanol–water partition coefficient (Wildman–Crippen LogP) is 6.51. The van der Waals surface area contributed by atoms with Crippen molar-refractivity contribution in [2.75, 3.05) is 12.8 Å². The van der Waals surface area contributed by atoms with Gasteiger partial charge in [-0.1, -0.05) is 62.8 Å². The zero-order valence-electron chi connectivity index (χ0n) is 14.6. The molecule has 0 bridgehead atoms. The summed E-state index contributed by atoms with van der Waals surface area (Å²) in [6.07, 6.45) is 7.41. The third kappa shape index (κ3) is 4.68. The van der Waals surface area contributed by atoms with E-state index >= 15 is 0 Å². The zero-order chi connectivity index (χ0) is 14.8. The van der Waals surface area contributed by atoms with Gasteiger partial charge >= 0.3 is 0 Å². The van der Waals surface area contributed by atoms with Gasteiger partial charge in [-0.3, -0.25) is 0 Å². The molecule has 0 radical (unpaired) electrons. The monoisotopic (exact) mass is 302 g/mol. The van der Waals surface area contributed by atoms with E-state index in [-0.39, 0.29) is 15.8 Å². The summed E-state index contributed by atoms with van der Waals surface area (Å²) in [4.78, 5) is 0. The first kappa shape index (κ1) is 17.9. The van der Waals surface area contributed by atoms with Gasteiger partial charge in [-0.25, -0.2) is 0 Å². The summed E-state index contributed by atoms with van der Waals surface area (Å²) in [5.41, 5.74) is 2.08. The molecule has 19 heavy (non-hydrogen) atoms. The first-order chi connectivity index (χ1) is 8.59. The third-order valence-corrected chi connectivity index (χ3v) is 12.6. The van der Waals surface area contributed by atoms with E-state index in [4.69, 9.17) is 0 Å². The molecule has 1 saturated heterocycles. The van der Waals surface area contributed by atoms with Crippen LogP contribution in [0, 0.1) is 0 Å². The highest BCUT2D eigenvalue weighted by Gasteiger charge is 2.42. The molecule has 0 aromatic rings. The molecule has 1 aliphatic heterocycles. The van der Waals surface area contributed by atoms with Gasteiger partial charge in [-0.05, 0) is 53.7 Å². The summed E-state index contributed by atoms with van der Waals surface area (Å²) in [6.45, 7) is 19.9. The second-order valence-corrected chi connectivity index (χ2v) is 14.8. The topological polar surface area (TPSA) is 0 Å². The van der Waals surface area contributed by atoms with Crippen molar-refractivity contribution in [1.29, 1.82) is 0 Å². The van der Waals surface area contributed by atoms with Crippen molar-refractivity contribution >= 4 is 15.8 Å². The van der Waals surface area contributed by atoms with Gasteiger partial charge in [0.05, 0.1) is 0 Å². The minimum atomic E-state index is 0.140. The lowest BCUT2D eigenvalue weighted by Crippen LogP contribution is -2.31. The number of hydrogen-bond acceptors (Lipinski definition) is 0. The van der Waals surface area contributed by atoms with Gasteiger partial charge in [0.25, 0.3) is 0 Å². The Morgan fingerprint density at radius 2 is 1.74 bits per heavy atom. The lowest BCUT2D eigenvalue weighted by atomic mass is 10.1. The Hall–Kier alpha value is 0.860. The molecule has 0 aromatic carbocycles. The summed E-state index contributed by atoms with van der Waals surface area (Å²) >= 11 is 0. The largest absolute Gasteiger partial charge is 0.101 e. The molecule has 1 fully saturated rings. The van der Waals surface area contributed by atoms with Crippen LogP contribution in [0.15, 0.2) is 0 Å². The second-order valence-electron chi connectivity index (χ2n) is 8.21. The maximum atomic E-state index is 2.59. The van der Waals surface area contributed by atoms with Gasteiger partial charge in [0.15, 0.2) is 0 Å². The Morgan fingerprint density at radius 3 is 2.16 bits per heavy atom. The summed E-state index contributed by atoms with van der Waals surface area (Å²) in [5, 5.41) is 1.09. The van der Waals surface area contributed by atoms with Crippen molar-refractivity contribution in [2.45, 2.75) is 95.8 Å². The highest BCUT2D eigenvalue weighted by Crippen LogP contribution is 2.66. The van der Waals surface area contributed by atoms with E-state index in [1.54, 1.807) is 0 Å². The van der Waals surface area contributed by atoms with Crippen molar-refractivity contribution in [3.05, 3.63) is 0 Å². The molecular formula is C17H36P2. The van der Waals surface area contributed by atoms with Crippen LogP contribution in [-0.2, 0) is 0 Å². The van der Waals surface area contributed by atoms with E-state index in [1.807, 2.05) is 0 Å². The molecule has 1 unspecified atom stereocenters. The molecule has 0 nitrogen and oxygen atoms in total. The fraction of sp³-hybridized carbons (Fsp3) is 1.00. The highest BCUT2D eigenvalue weighted by molar-refractivity contribution is 7.64. The smallest absolute Gasteiger partial charge is 0.0137 e. The van der Waals surface area contributed by atoms with Crippen LogP contribution >= 0.6 is 15.8 Å². The quantitative estimate of drug-likeness (QED) is 0.519. The van der Waals surface area contributed by atoms with Gasteiger partial charge in [-0.15, -0.1) is 7.92 Å². The van der Waals surface area contributed by atoms with Crippen LogP contribution in [0.1, 0.15) is 74.1 Å². The van der Waals surface area contributed by atoms with Crippen molar-refractivity contribution in [3.8, 4) is 0 Å². The fourth-order valence-electron chi connectivity index (χ4n) is 3.46. The Kier molecular flexibility index (Phi) is 6.36. The van der Waals surface area contributed by atoms with Crippen LogP contribution in [0.2, 0.25) is 0 Å². The average molecular weight is 302 g/mol. The van der Waals surface area contributed by atoms with Crippen molar-refractivity contribution in [2.24, 2.45) is 0 Å². The lowest BCUT2D eigenvalue weighted by Gasteiger charge is -2.44. The van der Waals surface area contributed by atoms with Crippen LogP contribution in [0.25, 0.3) is 0 Å². The first-order valence-corrected chi connectivity index (χ1v) is 11.5. The Balaban J connectivity index is 2.92. The van der Waals surface area contributed by atoms with Gasteiger partial charge in [-0.2, -0.15) is 0 Å². The zero-order valence-corrected chi connectivity index (χ0v) is 16.4. The molecule has 0 amide bonds. The third-order valence-electron chi connectivity index (χ3n) is 4.75. The van der Waals surface area contributed by atoms with E-state index in [9.17, 15) is 0 Å². The van der Waals surface area contributed by atoms with Crippen molar-refractivity contribution in [1.82, 2.24) is 0 Å². The van der Waals surface area contributed by atoms with Crippen LogP contribution < -0.4 is 0 Å². The lowest BCUT2D eigenvalue weighted by molar-refractivity contribution is 0.639. The van der Waals surface area contributed by atoms with Gasteiger partial charge < -0.3 is 0 Å². The van der Waals surface area contributed by atoms with E-state index in [0.717, 1.165) is 11.3 Å². The minimum absolute atomic E-state index is 0.140. The van der Waals surface area contributed by atoms with Crippen LogP contribution in [-0.4, -0.2) is 34.5 Å². The summed E-state index contributed by atoms with van der Waals surface area (Å²) in [7, 11) is 0.377. The van der Waals surface area contributed by atoms with Gasteiger partial charge in [0.1, 0.15) is 0 Å². The molecule has 1 aliphatic rings. The van der Waals surface area contributed by atoms with Crippen LogP contribution in [0.5, 0.6) is 0 Å². The SMILES string of the molecule is CCCC([C@H]1CCC[P@@]1C(C)(C)C)[P@](C)C(C)(C)C. The molecule has 0 aliphatic carbocycles. The molecule has 114 valence electrons. The average Bonchev–Trinajstić information content (AvgIpc) is 2.71. The van der Waals surface area contributed by atoms with E-state index in [0.29, 0.717) is 10.3 Å². The van der Waals surface area contributed by atoms with Crippen LogP contribution in [0.3, 0.4) is 0 Å². The summed E-state index contributed by atoms with van der Waals surface area (Å²) in [5.74, 6) is 0. The highest BCUT2D eigenvalue weighted by atomic mass is 31.1. The molecule has 1 heterocycles. The fourth-order valence-corrected chi connectivity index (χ4v) is 10.4. The number of hydrogen-bond donors (Lipinski definition) is 0. The molecule has 0 aromatic heterocycles. The predicted molar refractivity (Wildman–Crippen MR) is 95.9 cm³/mol. The van der Waals surface area contributed by atoms with Crippen molar-refractivity contribution in [3.63, 3.8) is 0 Å². The van der Waals surface area contributed by atoms with E-state index < -0.39 is 0 Å². The standard InChI is InChI=1S/C17H36P2/c1-9-11-14(18(8)16(2,3)4)15-12-10-13-19(15)17(5,6)7/h14-15H,9-13H2,1-8H3/t14?,15-,18+,19-/m1/s1. The maximum absolute atomic E-state index is 2.59. The second kappa shape index (κ2) is 6.75. The van der Waals surface area contributed by atoms with Crippen LogP contribution in [0.4, 0.5) is 0 Å². The maximum Gasteiger partial charge on any atom is -0.0137 e. The summed E-state index contributed by atoms with van der Waals surface area (Å²) in [6, 6.07) is 0. The Morgan fingerprint density at radius 1 is 1.16 bits per heavy atom. The number of rotatable bonds is 4. The summed E-state index contributed by atoms with van der Waals surface area (Å²) < 4.78 is 0. The molecule has 1 rings (SSSR count). The Labute approximate surface area is 125 Å². The first-order valence-electron chi connectivity index (χ1n) is 8.08. The van der Waals surface area contributed by atoms with Crippen molar-refractivity contribution < 1.29 is 0 Å². The normalized spacial score (nSPS) is 28.4.